The fraction of sp³-hybridized carbons (Fsp3) is 0.571. The van der Waals surface area contributed by atoms with Gasteiger partial charge in [0.1, 0.15) is 6.54 Å². The zero-order valence-corrected chi connectivity index (χ0v) is 15.8. The number of rotatable bonds is 4. The van der Waals surface area contributed by atoms with Crippen molar-refractivity contribution in [2.45, 2.75) is 63.6 Å². The fourth-order valence-corrected chi connectivity index (χ4v) is 4.56. The molecule has 2 aromatic rings. The molecule has 1 unspecified atom stereocenters. The van der Waals surface area contributed by atoms with E-state index in [2.05, 4.69) is 15.3 Å². The van der Waals surface area contributed by atoms with E-state index in [0.717, 1.165) is 19.5 Å². The number of hydrogen-bond donors (Lipinski definition) is 1. The van der Waals surface area contributed by atoms with Crippen LogP contribution in [0.3, 0.4) is 0 Å². The Morgan fingerprint density at radius 1 is 1.11 bits per heavy atom. The van der Waals surface area contributed by atoms with E-state index in [1.54, 1.807) is 10.7 Å². The molecule has 1 aliphatic heterocycles. The summed E-state index contributed by atoms with van der Waals surface area (Å²) in [4.78, 5) is 27.1. The minimum Gasteiger partial charge on any atom is -0.350 e. The van der Waals surface area contributed by atoms with Gasteiger partial charge in [0.25, 0.3) is 0 Å². The number of nitrogens with one attached hydrogen (secondary N) is 1. The minimum absolute atomic E-state index is 0.0379. The molecule has 1 aromatic heterocycles. The second kappa shape index (κ2) is 8.21. The predicted molar refractivity (Wildman–Crippen MR) is 106 cm³/mol. The SMILES string of the molecule is O=C(Cn1ncc(=O)c2ccccc21)NC1CCN(C2CCCCCC2)C1. The number of benzene rings is 1. The molecule has 1 saturated carbocycles. The van der Waals surface area contributed by atoms with Crippen LogP contribution in [0.1, 0.15) is 44.9 Å². The first kappa shape index (κ1) is 18.2. The van der Waals surface area contributed by atoms with E-state index in [4.69, 9.17) is 0 Å². The Morgan fingerprint density at radius 2 is 1.89 bits per heavy atom. The number of aromatic nitrogens is 2. The highest BCUT2D eigenvalue weighted by atomic mass is 16.2. The topological polar surface area (TPSA) is 67.2 Å². The van der Waals surface area contributed by atoms with Crippen LogP contribution in [-0.2, 0) is 11.3 Å². The zero-order valence-electron chi connectivity index (χ0n) is 15.8. The second-order valence-corrected chi connectivity index (χ2v) is 7.88. The summed E-state index contributed by atoms with van der Waals surface area (Å²) in [5.41, 5.74) is 0.587. The quantitative estimate of drug-likeness (QED) is 0.841. The van der Waals surface area contributed by atoms with E-state index in [9.17, 15) is 9.59 Å². The number of carbonyl (C=O) groups excluding carboxylic acids is 1. The lowest BCUT2D eigenvalue weighted by atomic mass is 10.1. The van der Waals surface area contributed by atoms with Gasteiger partial charge in [-0.2, -0.15) is 5.10 Å². The van der Waals surface area contributed by atoms with Crippen LogP contribution in [-0.4, -0.2) is 45.8 Å². The Hall–Kier alpha value is -2.21. The van der Waals surface area contributed by atoms with Gasteiger partial charge < -0.3 is 5.32 Å². The average molecular weight is 368 g/mol. The summed E-state index contributed by atoms with van der Waals surface area (Å²) < 4.78 is 1.62. The second-order valence-electron chi connectivity index (χ2n) is 7.88. The molecule has 27 heavy (non-hydrogen) atoms. The molecule has 4 rings (SSSR count). The fourth-order valence-electron chi connectivity index (χ4n) is 4.56. The molecule has 0 spiro atoms. The number of hydrogen-bond acceptors (Lipinski definition) is 4. The standard InChI is InChI=1S/C21H28N4O2/c26-20-13-22-25(19-10-6-5-9-18(19)20)15-21(27)23-16-11-12-24(14-16)17-7-3-1-2-4-8-17/h5-6,9-10,13,16-17H,1-4,7-8,11-12,14-15H2,(H,23,27). The molecular weight excluding hydrogens is 340 g/mol. The van der Waals surface area contributed by atoms with Crippen molar-refractivity contribution in [2.75, 3.05) is 13.1 Å². The molecule has 1 aromatic carbocycles. The maximum Gasteiger partial charge on any atom is 0.242 e. The average Bonchev–Trinajstić information content (AvgIpc) is 2.96. The molecule has 2 fully saturated rings. The van der Waals surface area contributed by atoms with Gasteiger partial charge in [-0.3, -0.25) is 19.2 Å². The van der Waals surface area contributed by atoms with Crippen molar-refractivity contribution in [2.24, 2.45) is 0 Å². The van der Waals surface area contributed by atoms with Gasteiger partial charge in [-0.1, -0.05) is 37.8 Å². The number of carbonyl (C=O) groups is 1. The van der Waals surface area contributed by atoms with Gasteiger partial charge in [-0.05, 0) is 31.4 Å². The molecule has 0 radical (unpaired) electrons. The summed E-state index contributed by atoms with van der Waals surface area (Å²) in [6.45, 7) is 2.17. The third-order valence-electron chi connectivity index (χ3n) is 5.98. The van der Waals surface area contributed by atoms with Crippen molar-refractivity contribution < 1.29 is 4.79 Å². The van der Waals surface area contributed by atoms with Gasteiger partial charge in [-0.25, -0.2) is 0 Å². The van der Waals surface area contributed by atoms with Crippen LogP contribution >= 0.6 is 0 Å². The van der Waals surface area contributed by atoms with Crippen molar-refractivity contribution in [1.29, 1.82) is 0 Å². The van der Waals surface area contributed by atoms with E-state index in [1.165, 1.54) is 44.7 Å². The first-order valence-corrected chi connectivity index (χ1v) is 10.2. The molecule has 1 aliphatic carbocycles. The van der Waals surface area contributed by atoms with Crippen LogP contribution in [0.4, 0.5) is 0 Å². The van der Waals surface area contributed by atoms with Crippen molar-refractivity contribution >= 4 is 16.8 Å². The molecule has 1 N–H and O–H groups in total. The highest BCUT2D eigenvalue weighted by Gasteiger charge is 2.29. The normalized spacial score (nSPS) is 22.0. The van der Waals surface area contributed by atoms with E-state index in [1.807, 2.05) is 18.2 Å². The highest BCUT2D eigenvalue weighted by molar-refractivity contribution is 5.81. The highest BCUT2D eigenvalue weighted by Crippen LogP contribution is 2.25. The minimum atomic E-state index is -0.114. The van der Waals surface area contributed by atoms with Crippen molar-refractivity contribution in [3.05, 3.63) is 40.7 Å². The molecule has 1 amide bonds. The Morgan fingerprint density at radius 3 is 2.70 bits per heavy atom. The van der Waals surface area contributed by atoms with Crippen LogP contribution in [0.2, 0.25) is 0 Å². The molecule has 2 heterocycles. The van der Waals surface area contributed by atoms with Crippen LogP contribution < -0.4 is 10.7 Å². The Balaban J connectivity index is 1.36. The van der Waals surface area contributed by atoms with E-state index >= 15 is 0 Å². The monoisotopic (exact) mass is 368 g/mol. The van der Waals surface area contributed by atoms with Crippen LogP contribution in [0.25, 0.3) is 10.9 Å². The van der Waals surface area contributed by atoms with Gasteiger partial charge in [0.15, 0.2) is 0 Å². The Kier molecular flexibility index (Phi) is 5.53. The summed E-state index contributed by atoms with van der Waals surface area (Å²) in [6.07, 6.45) is 10.3. The molecular formula is C21H28N4O2. The first-order valence-electron chi connectivity index (χ1n) is 10.2. The number of fused-ring (bicyclic) bond motifs is 1. The predicted octanol–water partition coefficient (Wildman–Crippen LogP) is 2.31. The van der Waals surface area contributed by atoms with Gasteiger partial charge in [0.2, 0.25) is 11.3 Å². The summed E-state index contributed by atoms with van der Waals surface area (Å²) >= 11 is 0. The summed E-state index contributed by atoms with van der Waals surface area (Å²) in [5.74, 6) is -0.0379. The molecule has 2 aliphatic rings. The molecule has 0 bridgehead atoms. The lowest BCUT2D eigenvalue weighted by molar-refractivity contribution is -0.122. The van der Waals surface area contributed by atoms with E-state index in [-0.39, 0.29) is 23.9 Å². The largest absolute Gasteiger partial charge is 0.350 e. The van der Waals surface area contributed by atoms with Crippen LogP contribution in [0.5, 0.6) is 0 Å². The molecule has 1 atom stereocenters. The number of para-hydroxylation sites is 1. The molecule has 144 valence electrons. The third kappa shape index (κ3) is 4.21. The van der Waals surface area contributed by atoms with Gasteiger partial charge in [0, 0.05) is 30.6 Å². The Labute approximate surface area is 159 Å². The summed E-state index contributed by atoms with van der Waals surface area (Å²) in [6, 6.07) is 8.20. The summed E-state index contributed by atoms with van der Waals surface area (Å²) in [5, 5.41) is 7.92. The lowest BCUT2D eigenvalue weighted by Crippen LogP contribution is -2.41. The number of likely N-dealkylation sites (tertiary alicyclic amines) is 1. The van der Waals surface area contributed by atoms with Crippen molar-refractivity contribution in [3.8, 4) is 0 Å². The third-order valence-corrected chi connectivity index (χ3v) is 5.98. The smallest absolute Gasteiger partial charge is 0.242 e. The van der Waals surface area contributed by atoms with Gasteiger partial charge >= 0.3 is 0 Å². The molecule has 6 heteroatoms. The molecule has 1 saturated heterocycles. The molecule has 6 nitrogen and oxygen atoms in total. The van der Waals surface area contributed by atoms with Crippen molar-refractivity contribution in [3.63, 3.8) is 0 Å². The van der Waals surface area contributed by atoms with E-state index in [0.29, 0.717) is 16.9 Å². The van der Waals surface area contributed by atoms with Gasteiger partial charge in [0.05, 0.1) is 11.7 Å². The number of amides is 1. The maximum atomic E-state index is 12.6. The van der Waals surface area contributed by atoms with Crippen LogP contribution in [0, 0.1) is 0 Å². The Bertz CT molecular complexity index is 855. The van der Waals surface area contributed by atoms with Gasteiger partial charge in [-0.15, -0.1) is 0 Å². The van der Waals surface area contributed by atoms with Crippen LogP contribution in [0.15, 0.2) is 35.3 Å². The number of nitrogens with zero attached hydrogens (tertiary/aromatic N) is 3. The van der Waals surface area contributed by atoms with Crippen molar-refractivity contribution in [1.82, 2.24) is 20.0 Å². The lowest BCUT2D eigenvalue weighted by Gasteiger charge is -2.26. The zero-order chi connectivity index (χ0) is 18.6. The van der Waals surface area contributed by atoms with E-state index < -0.39 is 0 Å². The maximum absolute atomic E-state index is 12.6. The summed E-state index contributed by atoms with van der Waals surface area (Å²) in [7, 11) is 0. The first-order chi connectivity index (χ1) is 13.2.